The van der Waals surface area contributed by atoms with Gasteiger partial charge in [-0.2, -0.15) is 13.2 Å². The smallest absolute Gasteiger partial charge is 0.376 e. The molecule has 10 heteroatoms. The Hall–Kier alpha value is -3.40. The van der Waals surface area contributed by atoms with E-state index in [0.717, 1.165) is 34.7 Å². The Morgan fingerprint density at radius 2 is 1.80 bits per heavy atom. The minimum Gasteiger partial charge on any atom is -0.376 e. The number of benzene rings is 2. The number of amides is 2. The summed E-state index contributed by atoms with van der Waals surface area (Å²) >= 11 is 1.03. The van der Waals surface area contributed by atoms with E-state index in [0.29, 0.717) is 0 Å². The Morgan fingerprint density at radius 1 is 1.07 bits per heavy atom. The number of alkyl halides is 3. The van der Waals surface area contributed by atoms with Crippen LogP contribution in [-0.2, 0) is 11.0 Å². The molecule has 0 aliphatic carbocycles. The highest BCUT2D eigenvalue weighted by Gasteiger charge is 2.30. The van der Waals surface area contributed by atoms with Gasteiger partial charge in [0.1, 0.15) is 10.7 Å². The number of hydrogen-bond acceptors (Lipinski definition) is 5. The summed E-state index contributed by atoms with van der Waals surface area (Å²) in [5.74, 6) is -1.15. The van der Waals surface area contributed by atoms with Gasteiger partial charge in [0, 0.05) is 16.6 Å². The summed E-state index contributed by atoms with van der Waals surface area (Å²) in [5, 5.41) is 4.58. The van der Waals surface area contributed by atoms with Crippen LogP contribution in [-0.4, -0.2) is 23.3 Å². The molecular weight excluding hydrogens is 417 g/mol. The van der Waals surface area contributed by atoms with Crippen LogP contribution in [0.3, 0.4) is 0 Å². The third-order valence-electron chi connectivity index (χ3n) is 3.99. The van der Waals surface area contributed by atoms with Crippen LogP contribution in [0.1, 0.15) is 21.6 Å². The molecule has 0 aliphatic heterocycles. The lowest BCUT2D eigenvalue weighted by Crippen LogP contribution is -2.44. The van der Waals surface area contributed by atoms with Crippen LogP contribution in [0.2, 0.25) is 0 Å². The molecule has 3 rings (SSSR count). The number of aromatic nitrogens is 1. The van der Waals surface area contributed by atoms with Gasteiger partial charge in [-0.3, -0.25) is 20.4 Å². The number of aryl methyl sites for hydroxylation is 1. The van der Waals surface area contributed by atoms with Gasteiger partial charge in [0.05, 0.1) is 12.1 Å². The fourth-order valence-electron chi connectivity index (χ4n) is 2.43. The molecule has 0 aliphatic rings. The highest BCUT2D eigenvalue weighted by atomic mass is 32.1. The van der Waals surface area contributed by atoms with Crippen molar-refractivity contribution in [1.29, 1.82) is 0 Å². The first-order valence-corrected chi connectivity index (χ1v) is 9.63. The van der Waals surface area contributed by atoms with Crippen LogP contribution in [0.15, 0.2) is 53.9 Å². The van der Waals surface area contributed by atoms with E-state index in [2.05, 4.69) is 21.2 Å². The minimum absolute atomic E-state index is 0.0146. The van der Waals surface area contributed by atoms with Gasteiger partial charge in [-0.05, 0) is 31.2 Å². The maximum Gasteiger partial charge on any atom is 0.416 e. The molecule has 0 unspecified atom stereocenters. The third kappa shape index (κ3) is 5.57. The van der Waals surface area contributed by atoms with Crippen molar-refractivity contribution in [1.82, 2.24) is 15.8 Å². The molecule has 0 fully saturated rings. The average Bonchev–Trinajstić information content (AvgIpc) is 3.21. The Labute approximate surface area is 174 Å². The van der Waals surface area contributed by atoms with E-state index >= 15 is 0 Å². The van der Waals surface area contributed by atoms with Gasteiger partial charge >= 0.3 is 6.18 Å². The molecule has 3 aromatic rings. The van der Waals surface area contributed by atoms with Gasteiger partial charge < -0.3 is 5.32 Å². The fourth-order valence-corrected chi connectivity index (χ4v) is 3.22. The molecule has 1 heterocycles. The normalized spacial score (nSPS) is 11.1. The Bertz CT molecular complexity index is 1050. The van der Waals surface area contributed by atoms with Crippen LogP contribution >= 0.6 is 11.3 Å². The number of hydrazine groups is 1. The monoisotopic (exact) mass is 434 g/mol. The van der Waals surface area contributed by atoms with Crippen molar-refractivity contribution >= 4 is 28.8 Å². The molecule has 0 saturated carbocycles. The maximum atomic E-state index is 12.9. The summed E-state index contributed by atoms with van der Waals surface area (Å²) in [5.41, 5.74) is 5.77. The second-order valence-corrected chi connectivity index (χ2v) is 7.20. The maximum absolute atomic E-state index is 12.9. The average molecular weight is 434 g/mol. The minimum atomic E-state index is -4.47. The van der Waals surface area contributed by atoms with E-state index < -0.39 is 23.6 Å². The first-order valence-electron chi connectivity index (χ1n) is 8.75. The van der Waals surface area contributed by atoms with Crippen molar-refractivity contribution in [2.24, 2.45) is 0 Å². The van der Waals surface area contributed by atoms with E-state index in [1.807, 2.05) is 31.2 Å². The molecule has 0 radical (unpaired) electrons. The van der Waals surface area contributed by atoms with E-state index in [-0.39, 0.29) is 22.8 Å². The predicted molar refractivity (Wildman–Crippen MR) is 108 cm³/mol. The molecule has 2 aromatic carbocycles. The zero-order chi connectivity index (χ0) is 21.7. The van der Waals surface area contributed by atoms with Crippen LogP contribution in [0.5, 0.6) is 0 Å². The zero-order valence-electron chi connectivity index (χ0n) is 15.7. The highest BCUT2D eigenvalue weighted by molar-refractivity contribution is 7.13. The molecule has 3 N–H and O–H groups in total. The zero-order valence-corrected chi connectivity index (χ0v) is 16.5. The van der Waals surface area contributed by atoms with Crippen LogP contribution in [0.4, 0.5) is 18.9 Å². The van der Waals surface area contributed by atoms with E-state index in [4.69, 9.17) is 0 Å². The number of nitrogens with zero attached hydrogens (tertiary/aromatic N) is 1. The number of thiazole rings is 1. The van der Waals surface area contributed by atoms with E-state index in [1.165, 1.54) is 17.5 Å². The second kappa shape index (κ2) is 8.95. The van der Waals surface area contributed by atoms with E-state index in [9.17, 15) is 22.8 Å². The van der Waals surface area contributed by atoms with Crippen molar-refractivity contribution in [3.8, 4) is 10.6 Å². The van der Waals surface area contributed by atoms with E-state index in [1.54, 1.807) is 0 Å². The highest BCUT2D eigenvalue weighted by Crippen LogP contribution is 2.33. The second-order valence-electron chi connectivity index (χ2n) is 6.34. The number of carbonyl (C=O) groups excluding carboxylic acids is 2. The molecule has 6 nitrogen and oxygen atoms in total. The number of rotatable bonds is 5. The number of anilines is 1. The van der Waals surface area contributed by atoms with Crippen molar-refractivity contribution in [3.05, 3.63) is 70.7 Å². The summed E-state index contributed by atoms with van der Waals surface area (Å²) in [4.78, 5) is 28.1. The van der Waals surface area contributed by atoms with Gasteiger partial charge in [-0.1, -0.05) is 29.8 Å². The molecule has 1 aromatic heterocycles. The van der Waals surface area contributed by atoms with Crippen molar-refractivity contribution in [2.75, 3.05) is 11.9 Å². The van der Waals surface area contributed by atoms with Gasteiger partial charge in [-0.25, -0.2) is 4.98 Å². The number of hydrogen-bond donors (Lipinski definition) is 3. The largest absolute Gasteiger partial charge is 0.416 e. The number of carbonyl (C=O) groups is 2. The van der Waals surface area contributed by atoms with Crippen LogP contribution in [0.25, 0.3) is 10.6 Å². The molecule has 0 spiro atoms. The standard InChI is InChI=1S/C20H17F3N4O2S/c1-12-5-7-15(8-6-12)24-10-17(28)26-27-18(29)16-11-30-19(25-16)13-3-2-4-14(9-13)20(21,22)23/h2-9,11,24H,10H2,1H3,(H,26,28)(H,27,29). The SMILES string of the molecule is Cc1ccc(NCC(=O)NNC(=O)c2csc(-c3cccc(C(F)(F)F)c3)n2)cc1. The molecule has 30 heavy (non-hydrogen) atoms. The predicted octanol–water partition coefficient (Wildman–Crippen LogP) is 4.01. The molecule has 156 valence electrons. The first kappa shape index (κ1) is 21.3. The van der Waals surface area contributed by atoms with Gasteiger partial charge in [0.2, 0.25) is 0 Å². The van der Waals surface area contributed by atoms with Crippen molar-refractivity contribution < 1.29 is 22.8 Å². The Morgan fingerprint density at radius 3 is 2.50 bits per heavy atom. The third-order valence-corrected chi connectivity index (χ3v) is 4.89. The summed E-state index contributed by atoms with van der Waals surface area (Å²) in [6.07, 6.45) is -4.47. The van der Waals surface area contributed by atoms with Gasteiger partial charge in [0.15, 0.2) is 0 Å². The summed E-state index contributed by atoms with van der Waals surface area (Å²) in [6.45, 7) is 1.89. The Kier molecular flexibility index (Phi) is 6.36. The molecule has 0 saturated heterocycles. The molecule has 0 atom stereocenters. The summed E-state index contributed by atoms with van der Waals surface area (Å²) < 4.78 is 38.6. The fraction of sp³-hybridized carbons (Fsp3) is 0.150. The quantitative estimate of drug-likeness (QED) is 0.530. The van der Waals surface area contributed by atoms with Crippen molar-refractivity contribution in [2.45, 2.75) is 13.1 Å². The topological polar surface area (TPSA) is 83.1 Å². The lowest BCUT2D eigenvalue weighted by atomic mass is 10.1. The van der Waals surface area contributed by atoms with Gasteiger partial charge in [0.25, 0.3) is 11.8 Å². The molecule has 0 bridgehead atoms. The van der Waals surface area contributed by atoms with Crippen LogP contribution in [0, 0.1) is 6.92 Å². The first-order chi connectivity index (χ1) is 14.2. The van der Waals surface area contributed by atoms with Crippen molar-refractivity contribution in [3.63, 3.8) is 0 Å². The molecule has 2 amide bonds. The summed E-state index contributed by atoms with van der Waals surface area (Å²) in [7, 11) is 0. The van der Waals surface area contributed by atoms with Gasteiger partial charge in [-0.15, -0.1) is 11.3 Å². The molecular formula is C20H17F3N4O2S. The lowest BCUT2D eigenvalue weighted by molar-refractivity contribution is -0.137. The lowest BCUT2D eigenvalue weighted by Gasteiger charge is -2.08. The van der Waals surface area contributed by atoms with Crippen LogP contribution < -0.4 is 16.2 Å². The summed E-state index contributed by atoms with van der Waals surface area (Å²) in [6, 6.07) is 12.1. The Balaban J connectivity index is 1.55. The number of halogens is 3. The number of nitrogens with one attached hydrogen (secondary N) is 3.